The first kappa shape index (κ1) is 11.6. The van der Waals surface area contributed by atoms with Gasteiger partial charge in [0.15, 0.2) is 0 Å². The first-order valence-electron chi connectivity index (χ1n) is 5.09. The molecule has 1 aliphatic rings. The molecule has 3 heteroatoms. The van der Waals surface area contributed by atoms with E-state index in [-0.39, 0.29) is 0 Å². The number of phenolic OH excluding ortho intramolecular Hbond substituents is 1. The molecular formula is C12H17NO2. The summed E-state index contributed by atoms with van der Waals surface area (Å²) in [5.74, 6) is 0.630. The topological polar surface area (TPSA) is 40.5 Å². The largest absolute Gasteiger partial charge is 0.508 e. The zero-order valence-electron chi connectivity index (χ0n) is 9.23. The molecule has 0 atom stereocenters. The van der Waals surface area contributed by atoms with Crippen molar-refractivity contribution in [1.82, 2.24) is 4.90 Å². The third kappa shape index (κ3) is 4.02. The van der Waals surface area contributed by atoms with Crippen molar-refractivity contribution < 1.29 is 9.90 Å². The number of likely N-dealkylation sites (tertiary alicyclic amines) is 1. The molecule has 0 radical (unpaired) electrons. The van der Waals surface area contributed by atoms with Gasteiger partial charge in [0.1, 0.15) is 5.75 Å². The average molecular weight is 207 g/mol. The molecule has 0 saturated carbocycles. The van der Waals surface area contributed by atoms with Crippen LogP contribution in [0.3, 0.4) is 0 Å². The molecule has 0 unspecified atom stereocenters. The van der Waals surface area contributed by atoms with E-state index in [9.17, 15) is 4.79 Å². The summed E-state index contributed by atoms with van der Waals surface area (Å²) in [5.41, 5.74) is 1.09. The number of rotatable bonds is 0. The number of hydrogen-bond acceptors (Lipinski definition) is 2. The number of phenols is 1. The molecule has 0 aromatic heterocycles. The Hall–Kier alpha value is -1.51. The van der Waals surface area contributed by atoms with Crippen molar-refractivity contribution >= 4 is 5.91 Å². The highest BCUT2D eigenvalue weighted by Gasteiger charge is 2.14. The molecular weight excluding hydrogens is 190 g/mol. The number of carbonyl (C=O) groups is 1. The zero-order chi connectivity index (χ0) is 11.3. The number of amides is 1. The Morgan fingerprint density at radius 1 is 1.40 bits per heavy atom. The zero-order valence-corrected chi connectivity index (χ0v) is 9.23. The predicted molar refractivity (Wildman–Crippen MR) is 59.7 cm³/mol. The lowest BCUT2D eigenvalue weighted by atomic mass is 10.2. The van der Waals surface area contributed by atoms with Crippen molar-refractivity contribution in [2.24, 2.45) is 0 Å². The Morgan fingerprint density at radius 2 is 2.13 bits per heavy atom. The summed E-state index contributed by atoms with van der Waals surface area (Å²) in [6, 6.07) is 7.15. The van der Waals surface area contributed by atoms with Gasteiger partial charge in [0.25, 0.3) is 0 Å². The molecule has 1 amide bonds. The van der Waals surface area contributed by atoms with E-state index in [1.165, 1.54) is 0 Å². The first-order valence-corrected chi connectivity index (χ1v) is 5.09. The van der Waals surface area contributed by atoms with Gasteiger partial charge in [0.05, 0.1) is 0 Å². The molecule has 0 spiro atoms. The van der Waals surface area contributed by atoms with E-state index in [0.717, 1.165) is 24.9 Å². The maximum absolute atomic E-state index is 10.5. The van der Waals surface area contributed by atoms with E-state index in [4.69, 9.17) is 5.11 Å². The third-order valence-corrected chi connectivity index (χ3v) is 2.31. The summed E-state index contributed by atoms with van der Waals surface area (Å²) < 4.78 is 0. The fraction of sp³-hybridized carbons (Fsp3) is 0.417. The lowest BCUT2D eigenvalue weighted by Crippen LogP contribution is -2.17. The van der Waals surface area contributed by atoms with E-state index in [2.05, 4.69) is 0 Å². The molecule has 1 N–H and O–H groups in total. The Labute approximate surface area is 90.3 Å². The second kappa shape index (κ2) is 5.39. The fourth-order valence-electron chi connectivity index (χ4n) is 1.41. The van der Waals surface area contributed by atoms with Gasteiger partial charge in [0.2, 0.25) is 5.91 Å². The minimum atomic E-state index is 0.292. The van der Waals surface area contributed by atoms with Gasteiger partial charge in [-0.15, -0.1) is 0 Å². The smallest absolute Gasteiger partial charge is 0.222 e. The Kier molecular flexibility index (Phi) is 4.16. The highest BCUT2D eigenvalue weighted by molar-refractivity contribution is 5.77. The van der Waals surface area contributed by atoms with Crippen LogP contribution in [0, 0.1) is 6.92 Å². The molecule has 1 aromatic carbocycles. The molecule has 2 rings (SSSR count). The standard InChI is InChI=1S/C7H8O.C5H9NO/c1-6-3-2-4-7(8)5-6;1-6-4-2-3-5(6)7/h2-5,8H,1H3;2-4H2,1H3. The summed E-state index contributed by atoms with van der Waals surface area (Å²) in [6.45, 7) is 2.90. The van der Waals surface area contributed by atoms with E-state index in [1.54, 1.807) is 17.0 Å². The maximum atomic E-state index is 10.5. The van der Waals surface area contributed by atoms with E-state index in [1.807, 2.05) is 26.1 Å². The molecule has 1 aliphatic heterocycles. The highest BCUT2D eigenvalue weighted by Crippen LogP contribution is 2.08. The lowest BCUT2D eigenvalue weighted by Gasteiger charge is -2.03. The van der Waals surface area contributed by atoms with Crippen molar-refractivity contribution in [2.45, 2.75) is 19.8 Å². The van der Waals surface area contributed by atoms with Crippen LogP contribution in [0.4, 0.5) is 0 Å². The van der Waals surface area contributed by atoms with Crippen molar-refractivity contribution in [1.29, 1.82) is 0 Å². The van der Waals surface area contributed by atoms with Gasteiger partial charge in [-0.1, -0.05) is 12.1 Å². The molecule has 1 saturated heterocycles. The van der Waals surface area contributed by atoms with Crippen molar-refractivity contribution in [3.63, 3.8) is 0 Å². The summed E-state index contributed by atoms with van der Waals surface area (Å²) in [6.07, 6.45) is 1.81. The number of aromatic hydroxyl groups is 1. The molecule has 0 bridgehead atoms. The average Bonchev–Trinajstić information content (AvgIpc) is 2.51. The summed E-state index contributed by atoms with van der Waals surface area (Å²) in [7, 11) is 1.84. The van der Waals surface area contributed by atoms with Crippen molar-refractivity contribution in [3.8, 4) is 5.75 Å². The molecule has 3 nitrogen and oxygen atoms in total. The highest BCUT2D eigenvalue weighted by atomic mass is 16.3. The molecule has 0 aliphatic carbocycles. The monoisotopic (exact) mass is 207 g/mol. The van der Waals surface area contributed by atoms with Gasteiger partial charge in [-0.3, -0.25) is 4.79 Å². The Morgan fingerprint density at radius 3 is 2.40 bits per heavy atom. The SMILES string of the molecule is CN1CCCC1=O.Cc1cccc(O)c1. The van der Waals surface area contributed by atoms with Crippen molar-refractivity contribution in [3.05, 3.63) is 29.8 Å². The Bertz CT molecular complexity index is 319. The van der Waals surface area contributed by atoms with Crippen LogP contribution in [-0.2, 0) is 4.79 Å². The Balaban J connectivity index is 0.000000151. The van der Waals surface area contributed by atoms with Crippen molar-refractivity contribution in [2.75, 3.05) is 13.6 Å². The van der Waals surface area contributed by atoms with Crippen LogP contribution < -0.4 is 0 Å². The first-order chi connectivity index (χ1) is 7.09. The second-order valence-electron chi connectivity index (χ2n) is 3.76. The van der Waals surface area contributed by atoms with Crippen LogP contribution in [-0.4, -0.2) is 29.5 Å². The summed E-state index contributed by atoms with van der Waals surface area (Å²) in [5, 5.41) is 8.81. The van der Waals surface area contributed by atoms with Gasteiger partial charge in [-0.25, -0.2) is 0 Å². The molecule has 1 aromatic rings. The number of aryl methyl sites for hydroxylation is 1. The lowest BCUT2D eigenvalue weighted by molar-refractivity contribution is -0.126. The van der Waals surface area contributed by atoms with E-state index < -0.39 is 0 Å². The predicted octanol–water partition coefficient (Wildman–Crippen LogP) is 1.94. The normalized spacial score (nSPS) is 14.8. The molecule has 82 valence electrons. The quantitative estimate of drug-likeness (QED) is 0.706. The maximum Gasteiger partial charge on any atom is 0.222 e. The van der Waals surface area contributed by atoms with Crippen LogP contribution in [0.2, 0.25) is 0 Å². The second-order valence-corrected chi connectivity index (χ2v) is 3.76. The minimum absolute atomic E-state index is 0.292. The molecule has 1 heterocycles. The van der Waals surface area contributed by atoms with Crippen LogP contribution in [0.15, 0.2) is 24.3 Å². The van der Waals surface area contributed by atoms with Gasteiger partial charge in [-0.05, 0) is 31.0 Å². The van der Waals surface area contributed by atoms with Crippen LogP contribution in [0.5, 0.6) is 5.75 Å². The van der Waals surface area contributed by atoms with E-state index in [0.29, 0.717) is 11.7 Å². The third-order valence-electron chi connectivity index (χ3n) is 2.31. The van der Waals surface area contributed by atoms with Crippen LogP contribution in [0.25, 0.3) is 0 Å². The minimum Gasteiger partial charge on any atom is -0.508 e. The summed E-state index contributed by atoms with van der Waals surface area (Å²) >= 11 is 0. The van der Waals surface area contributed by atoms with Gasteiger partial charge >= 0.3 is 0 Å². The number of carbonyl (C=O) groups excluding carboxylic acids is 1. The number of nitrogens with zero attached hydrogens (tertiary/aromatic N) is 1. The van der Waals surface area contributed by atoms with Crippen LogP contribution >= 0.6 is 0 Å². The molecule has 15 heavy (non-hydrogen) atoms. The summed E-state index contributed by atoms with van der Waals surface area (Å²) in [4.78, 5) is 12.3. The molecule has 1 fully saturated rings. The number of hydrogen-bond donors (Lipinski definition) is 1. The number of benzene rings is 1. The fourth-order valence-corrected chi connectivity index (χ4v) is 1.41. The van der Waals surface area contributed by atoms with Crippen LogP contribution in [0.1, 0.15) is 18.4 Å². The van der Waals surface area contributed by atoms with Gasteiger partial charge < -0.3 is 10.0 Å². The van der Waals surface area contributed by atoms with Gasteiger partial charge in [-0.2, -0.15) is 0 Å². The van der Waals surface area contributed by atoms with E-state index >= 15 is 0 Å². The van der Waals surface area contributed by atoms with Gasteiger partial charge in [0, 0.05) is 20.0 Å².